The molecule has 0 aliphatic carbocycles. The summed E-state index contributed by atoms with van der Waals surface area (Å²) >= 11 is 3.42. The molecule has 26 heavy (non-hydrogen) atoms. The Labute approximate surface area is 161 Å². The maximum absolute atomic E-state index is 6.04. The normalized spacial score (nSPS) is 30.0. The lowest BCUT2D eigenvalue weighted by molar-refractivity contribution is -0.227. The van der Waals surface area contributed by atoms with Crippen LogP contribution in [0.3, 0.4) is 0 Å². The van der Waals surface area contributed by atoms with E-state index in [9.17, 15) is 0 Å². The largest absolute Gasteiger partial charge is 0.383 e. The van der Waals surface area contributed by atoms with Crippen molar-refractivity contribution >= 4 is 32.7 Å². The number of benzene rings is 1. The minimum absolute atomic E-state index is 0.0645. The van der Waals surface area contributed by atoms with Crippen LogP contribution < -0.4 is 5.73 Å². The molecule has 4 rings (SSSR count). The number of rotatable bonds is 4. The van der Waals surface area contributed by atoms with E-state index in [4.69, 9.17) is 24.7 Å². The number of halogens is 1. The third kappa shape index (κ3) is 3.34. The van der Waals surface area contributed by atoms with E-state index in [1.54, 1.807) is 7.11 Å². The fraction of sp³-hybridized carbons (Fsp3) is 0.526. The number of pyridine rings is 1. The van der Waals surface area contributed by atoms with E-state index in [1.807, 2.05) is 19.9 Å². The number of aromatic nitrogens is 1. The van der Waals surface area contributed by atoms with Crippen molar-refractivity contribution in [1.29, 1.82) is 0 Å². The molecule has 2 N–H and O–H groups in total. The first kappa shape index (κ1) is 18.1. The zero-order chi connectivity index (χ0) is 18.5. The third-order valence-electron chi connectivity index (χ3n) is 4.92. The topological polar surface area (TPSA) is 75.8 Å². The molecular formula is C19H23BrN2O4. The van der Waals surface area contributed by atoms with E-state index < -0.39 is 5.79 Å². The van der Waals surface area contributed by atoms with Crippen molar-refractivity contribution in [3.63, 3.8) is 0 Å². The number of fused-ring (bicyclic) bond motifs is 2. The highest BCUT2D eigenvalue weighted by Gasteiger charge is 2.55. The number of anilines is 1. The van der Waals surface area contributed by atoms with Gasteiger partial charge in [-0.3, -0.25) is 0 Å². The molecule has 7 heteroatoms. The van der Waals surface area contributed by atoms with Gasteiger partial charge in [0.2, 0.25) is 0 Å². The van der Waals surface area contributed by atoms with Gasteiger partial charge in [0, 0.05) is 12.5 Å². The Hall–Kier alpha value is -1.25. The smallest absolute Gasteiger partial charge is 0.186 e. The Bertz CT molecular complexity index is 829. The van der Waals surface area contributed by atoms with Gasteiger partial charge in [-0.25, -0.2) is 4.98 Å². The minimum Gasteiger partial charge on any atom is -0.383 e. The molecule has 2 fully saturated rings. The summed E-state index contributed by atoms with van der Waals surface area (Å²) in [6.45, 7) is 3.85. The SMILES string of the molecule is CO[C@@H]1O[C@H](CCc2ccc3cc(Br)c(N)nc3c2)[C@H]2OC(C)(C)O[C@@H]12. The molecule has 3 heterocycles. The first-order chi connectivity index (χ1) is 12.4. The highest BCUT2D eigenvalue weighted by atomic mass is 79.9. The zero-order valence-corrected chi connectivity index (χ0v) is 16.7. The van der Waals surface area contributed by atoms with E-state index in [1.165, 1.54) is 5.56 Å². The molecule has 6 nitrogen and oxygen atoms in total. The third-order valence-corrected chi connectivity index (χ3v) is 5.55. The van der Waals surface area contributed by atoms with Crippen LogP contribution in [0.15, 0.2) is 28.7 Å². The van der Waals surface area contributed by atoms with Crippen LogP contribution in [-0.2, 0) is 25.4 Å². The molecule has 0 spiro atoms. The molecular weight excluding hydrogens is 400 g/mol. The second-order valence-corrected chi connectivity index (χ2v) is 8.12. The predicted octanol–water partition coefficient (Wildman–Crippen LogP) is 3.40. The molecule has 1 aromatic carbocycles. The van der Waals surface area contributed by atoms with Gasteiger partial charge in [-0.1, -0.05) is 12.1 Å². The summed E-state index contributed by atoms with van der Waals surface area (Å²) in [6.07, 6.45) is 0.919. The van der Waals surface area contributed by atoms with Crippen molar-refractivity contribution in [2.45, 2.75) is 57.1 Å². The van der Waals surface area contributed by atoms with Gasteiger partial charge in [0.1, 0.15) is 18.0 Å². The fourth-order valence-corrected chi connectivity index (χ4v) is 4.07. The average molecular weight is 423 g/mol. The van der Waals surface area contributed by atoms with E-state index >= 15 is 0 Å². The monoisotopic (exact) mass is 422 g/mol. The van der Waals surface area contributed by atoms with Crippen LogP contribution in [0, 0.1) is 0 Å². The van der Waals surface area contributed by atoms with Gasteiger partial charge in [-0.2, -0.15) is 0 Å². The molecule has 2 aromatic rings. The molecule has 0 saturated carbocycles. The maximum atomic E-state index is 6.04. The lowest BCUT2D eigenvalue weighted by Gasteiger charge is -2.23. The summed E-state index contributed by atoms with van der Waals surface area (Å²) in [5.41, 5.74) is 7.98. The van der Waals surface area contributed by atoms with Gasteiger partial charge in [-0.05, 0) is 60.3 Å². The summed E-state index contributed by atoms with van der Waals surface area (Å²) in [5, 5.41) is 1.06. The van der Waals surface area contributed by atoms with Crippen LogP contribution in [0.5, 0.6) is 0 Å². The minimum atomic E-state index is -0.605. The summed E-state index contributed by atoms with van der Waals surface area (Å²) in [5.74, 6) is -0.107. The number of nitrogens with zero attached hydrogens (tertiary/aromatic N) is 1. The van der Waals surface area contributed by atoms with Gasteiger partial charge in [0.05, 0.1) is 16.1 Å². The molecule has 140 valence electrons. The molecule has 2 aliphatic rings. The van der Waals surface area contributed by atoms with Gasteiger partial charge < -0.3 is 24.7 Å². The molecule has 0 unspecified atom stereocenters. The standard InChI is InChI=1S/C19H23BrN2O4/c1-19(2)25-15-14(24-18(23-3)16(15)26-19)7-5-10-4-6-11-9-12(20)17(21)22-13(11)8-10/h4,6,8-9,14-16,18H,5,7H2,1-3H3,(H2,21,22)/t14-,15-,16-,18-/m1/s1. The van der Waals surface area contributed by atoms with Crippen LogP contribution in [0.4, 0.5) is 5.82 Å². The van der Waals surface area contributed by atoms with Gasteiger partial charge in [-0.15, -0.1) is 0 Å². The van der Waals surface area contributed by atoms with E-state index in [0.717, 1.165) is 28.2 Å². The second kappa shape index (κ2) is 6.73. The molecule has 0 radical (unpaired) electrons. The Balaban J connectivity index is 1.48. The lowest BCUT2D eigenvalue weighted by atomic mass is 10.0. The van der Waals surface area contributed by atoms with Crippen molar-refractivity contribution in [3.05, 3.63) is 34.3 Å². The number of nitrogens with two attached hydrogens (primary N) is 1. The summed E-state index contributed by atoms with van der Waals surface area (Å²) in [7, 11) is 1.64. The Morgan fingerprint density at radius 2 is 2.00 bits per heavy atom. The van der Waals surface area contributed by atoms with E-state index in [0.29, 0.717) is 5.82 Å². The van der Waals surface area contributed by atoms with Crippen molar-refractivity contribution in [1.82, 2.24) is 4.98 Å². The maximum Gasteiger partial charge on any atom is 0.186 e. The first-order valence-electron chi connectivity index (χ1n) is 8.75. The fourth-order valence-electron chi connectivity index (χ4n) is 3.73. The van der Waals surface area contributed by atoms with E-state index in [-0.39, 0.29) is 24.6 Å². The highest BCUT2D eigenvalue weighted by molar-refractivity contribution is 9.10. The summed E-state index contributed by atoms with van der Waals surface area (Å²) in [4.78, 5) is 4.45. The quantitative estimate of drug-likeness (QED) is 0.813. The first-order valence-corrected chi connectivity index (χ1v) is 9.54. The van der Waals surface area contributed by atoms with Crippen molar-refractivity contribution in [3.8, 4) is 0 Å². The van der Waals surface area contributed by atoms with Crippen molar-refractivity contribution in [2.75, 3.05) is 12.8 Å². The lowest BCUT2D eigenvalue weighted by Crippen LogP contribution is -2.30. The summed E-state index contributed by atoms with van der Waals surface area (Å²) < 4.78 is 24.2. The second-order valence-electron chi connectivity index (χ2n) is 7.26. The molecule has 2 saturated heterocycles. The van der Waals surface area contributed by atoms with Crippen molar-refractivity contribution in [2.24, 2.45) is 0 Å². The number of hydrogen-bond acceptors (Lipinski definition) is 6. The van der Waals surface area contributed by atoms with Gasteiger partial charge >= 0.3 is 0 Å². The molecule has 1 aromatic heterocycles. The number of aryl methyl sites for hydroxylation is 1. The Morgan fingerprint density at radius 3 is 2.77 bits per heavy atom. The number of methoxy groups -OCH3 is 1. The predicted molar refractivity (Wildman–Crippen MR) is 102 cm³/mol. The molecule has 0 bridgehead atoms. The van der Waals surface area contributed by atoms with Crippen LogP contribution in [-0.4, -0.2) is 42.5 Å². The summed E-state index contributed by atoms with van der Waals surface area (Å²) in [6, 6.07) is 8.24. The van der Waals surface area contributed by atoms with Crippen LogP contribution in [0.1, 0.15) is 25.8 Å². The van der Waals surface area contributed by atoms with Crippen LogP contribution in [0.2, 0.25) is 0 Å². The van der Waals surface area contributed by atoms with Gasteiger partial charge in [0.25, 0.3) is 0 Å². The van der Waals surface area contributed by atoms with Crippen molar-refractivity contribution < 1.29 is 18.9 Å². The highest BCUT2D eigenvalue weighted by Crippen LogP contribution is 2.40. The Kier molecular flexibility index (Phi) is 4.69. The number of hydrogen-bond donors (Lipinski definition) is 1. The molecule has 0 amide bonds. The van der Waals surface area contributed by atoms with E-state index in [2.05, 4.69) is 39.1 Å². The zero-order valence-electron chi connectivity index (χ0n) is 15.1. The van der Waals surface area contributed by atoms with Crippen LogP contribution in [0.25, 0.3) is 10.9 Å². The molecule has 4 atom stereocenters. The van der Waals surface area contributed by atoms with Crippen LogP contribution >= 0.6 is 15.9 Å². The number of nitrogen functional groups attached to an aromatic ring is 1. The molecule has 2 aliphatic heterocycles. The number of ether oxygens (including phenoxy) is 4. The average Bonchev–Trinajstić information content (AvgIpc) is 3.07. The Morgan fingerprint density at radius 1 is 1.23 bits per heavy atom. The van der Waals surface area contributed by atoms with Gasteiger partial charge in [0.15, 0.2) is 12.1 Å².